The van der Waals surface area contributed by atoms with Gasteiger partial charge in [0.25, 0.3) is 0 Å². The average Bonchev–Trinajstić information content (AvgIpc) is 3.89. The second kappa shape index (κ2) is 17.4. The maximum absolute atomic E-state index is 14.2. The minimum Gasteiger partial charge on any atom is -0.469 e. The molecule has 2 aromatic carbocycles. The smallest absolute Gasteiger partial charge is 0.246 e. The predicted octanol–water partition coefficient (Wildman–Crippen LogP) is -2.90. The summed E-state index contributed by atoms with van der Waals surface area (Å²) in [6.45, 7) is 3.34. The zero-order valence-electron chi connectivity index (χ0n) is 33.9. The van der Waals surface area contributed by atoms with Crippen molar-refractivity contribution in [2.75, 3.05) is 25.0 Å². The van der Waals surface area contributed by atoms with Gasteiger partial charge in [0.1, 0.15) is 42.1 Å². The van der Waals surface area contributed by atoms with E-state index in [0.29, 0.717) is 28.1 Å². The summed E-state index contributed by atoms with van der Waals surface area (Å²) in [7, 11) is 0. The van der Waals surface area contributed by atoms with Gasteiger partial charge in [-0.1, -0.05) is 25.1 Å². The molecule has 7 rings (SSSR count). The van der Waals surface area contributed by atoms with Crippen molar-refractivity contribution >= 4 is 52.9 Å². The van der Waals surface area contributed by atoms with Gasteiger partial charge in [-0.3, -0.25) is 38.4 Å². The molecular weight excluding hydrogens is 795 g/mol. The molecule has 4 bridgehead atoms. The van der Waals surface area contributed by atoms with E-state index in [2.05, 4.69) is 47.9 Å². The van der Waals surface area contributed by atoms with E-state index in [0.717, 1.165) is 0 Å². The highest BCUT2D eigenvalue weighted by Crippen LogP contribution is 2.57. The fourth-order valence-electron chi connectivity index (χ4n) is 8.81. The van der Waals surface area contributed by atoms with Gasteiger partial charge in [0, 0.05) is 23.7 Å². The number of aliphatic hydroxyl groups is 2. The summed E-state index contributed by atoms with van der Waals surface area (Å²) in [5.74, 6) is -5.42. The highest BCUT2D eigenvalue weighted by atomic mass is 16.5. The van der Waals surface area contributed by atoms with Crippen molar-refractivity contribution in [2.24, 2.45) is 5.92 Å². The van der Waals surface area contributed by atoms with Crippen molar-refractivity contribution in [3.63, 3.8) is 0 Å². The van der Waals surface area contributed by atoms with Gasteiger partial charge in [-0.25, -0.2) is 0 Å². The molecule has 0 saturated carbocycles. The number of rotatable bonds is 7. The summed E-state index contributed by atoms with van der Waals surface area (Å²) in [5, 5.41) is 45.8. The van der Waals surface area contributed by atoms with Crippen molar-refractivity contribution in [3.05, 3.63) is 58.7 Å². The van der Waals surface area contributed by atoms with Gasteiger partial charge in [-0.2, -0.15) is 0 Å². The van der Waals surface area contributed by atoms with Gasteiger partial charge >= 0.3 is 0 Å². The minimum absolute atomic E-state index is 0.0660. The Morgan fingerprint density at radius 1 is 0.902 bits per heavy atom. The third kappa shape index (κ3) is 8.67. The number of carbonyl (C=O) groups is 8. The fourth-order valence-corrected chi connectivity index (χ4v) is 8.81. The zero-order chi connectivity index (χ0) is 43.7. The lowest BCUT2D eigenvalue weighted by Gasteiger charge is -2.34. The van der Waals surface area contributed by atoms with Gasteiger partial charge < -0.3 is 62.8 Å². The van der Waals surface area contributed by atoms with E-state index in [1.807, 2.05) is 25.1 Å². The number of fused-ring (bicyclic) bond motifs is 4. The summed E-state index contributed by atoms with van der Waals surface area (Å²) < 4.78 is 6.78. The number of anilines is 1. The third-order valence-corrected chi connectivity index (χ3v) is 11.9. The van der Waals surface area contributed by atoms with Crippen LogP contribution < -0.4 is 52.6 Å². The van der Waals surface area contributed by atoms with Crippen molar-refractivity contribution in [1.82, 2.24) is 42.5 Å². The van der Waals surface area contributed by atoms with Crippen LogP contribution in [0.1, 0.15) is 74.8 Å². The summed E-state index contributed by atoms with van der Waals surface area (Å²) >= 11 is 0. The van der Waals surface area contributed by atoms with Crippen molar-refractivity contribution in [3.8, 4) is 5.75 Å². The number of carbonyl (C=O) groups excluding carboxylic acids is 8. The quantitative estimate of drug-likeness (QED) is 0.134. The molecule has 1 fully saturated rings. The summed E-state index contributed by atoms with van der Waals surface area (Å²) in [6.07, 6.45) is -2.08. The van der Waals surface area contributed by atoms with Crippen LogP contribution in [0.3, 0.4) is 0 Å². The summed E-state index contributed by atoms with van der Waals surface area (Å²) in [4.78, 5) is 107. The zero-order valence-corrected chi connectivity index (χ0v) is 33.9. The molecule has 2 aromatic rings. The largest absolute Gasteiger partial charge is 0.469 e. The first kappa shape index (κ1) is 42.8. The lowest BCUT2D eigenvalue weighted by Crippen LogP contribution is -2.59. The minimum atomic E-state index is -1.74. The van der Waals surface area contributed by atoms with Gasteiger partial charge in [-0.05, 0) is 80.3 Å². The van der Waals surface area contributed by atoms with Crippen LogP contribution in [0.15, 0.2) is 36.4 Å². The number of nitrogens with one attached hydrogen (secondary N) is 9. The van der Waals surface area contributed by atoms with Crippen LogP contribution in [0.4, 0.5) is 5.69 Å². The molecule has 11 N–H and O–H groups in total. The molecule has 1 saturated heterocycles. The van der Waals surface area contributed by atoms with Gasteiger partial charge in [0.2, 0.25) is 47.3 Å². The van der Waals surface area contributed by atoms with E-state index in [1.165, 1.54) is 6.92 Å². The number of amides is 8. The maximum atomic E-state index is 14.2. The normalized spacial score (nSPS) is 30.1. The number of hydrogen-bond acceptors (Lipinski definition) is 12. The monoisotopic (exact) mass is 845 g/mol. The number of ether oxygens (including phenoxy) is 1. The SMILES string of the molecule is CC(CO)NC(=O)CNC(=O)[C@@H]1C[C@@]23c4ccccc4N[C@@H]2Oc2c4cc(cc23)[C@@H](O)[C@H](NC(=O)[C@@H](NC(=O)C2CCC(=O)N2)C[C@@H](C)C4)C(=O)NCC(=O)N[C@@H](C)C(=O)N1. The highest BCUT2D eigenvalue weighted by molar-refractivity contribution is 5.97. The number of benzene rings is 2. The molecule has 20 heteroatoms. The Hall–Kier alpha value is -6.28. The van der Waals surface area contributed by atoms with E-state index in [9.17, 15) is 48.6 Å². The molecule has 0 radical (unpaired) electrons. The molecule has 0 aromatic heterocycles. The molecule has 61 heavy (non-hydrogen) atoms. The Bertz CT molecular complexity index is 2150. The van der Waals surface area contributed by atoms with E-state index >= 15 is 0 Å². The van der Waals surface area contributed by atoms with Gasteiger partial charge in [0.05, 0.1) is 25.1 Å². The Morgan fingerprint density at radius 2 is 1.67 bits per heavy atom. The van der Waals surface area contributed by atoms with Crippen LogP contribution in [-0.2, 0) is 50.2 Å². The topological polar surface area (TPSA) is 295 Å². The fraction of sp³-hybridized carbons (Fsp3) is 0.512. The van der Waals surface area contributed by atoms with Crippen LogP contribution >= 0.6 is 0 Å². The van der Waals surface area contributed by atoms with Gasteiger partial charge in [0.15, 0.2) is 6.23 Å². The summed E-state index contributed by atoms with van der Waals surface area (Å²) in [5.41, 5.74) is 1.36. The van der Waals surface area contributed by atoms with Crippen LogP contribution in [-0.4, -0.2) is 120 Å². The van der Waals surface area contributed by atoms with Crippen LogP contribution in [0, 0.1) is 5.92 Å². The predicted molar refractivity (Wildman–Crippen MR) is 214 cm³/mol. The molecule has 2 unspecified atom stereocenters. The van der Waals surface area contributed by atoms with E-state index < -0.39 is 108 Å². The van der Waals surface area contributed by atoms with Crippen LogP contribution in [0.25, 0.3) is 0 Å². The standard InChI is InChI=1S/C41H51N9O11/c1-18-10-22-12-21-13-24-34(22)61-40-41(24,23-6-4-5-7-25(23)49-40)14-28(36(57)42-15-30(53)44-19(2)17-51)48-35(56)20(3)45-31(54)16-43-39(60)32(33(21)55)50-38(59)27(11-18)47-37(58)26-8-9-29(52)46-26/h4-7,12-13,18-20,26-28,32-33,40,49,51,55H,8-11,14-17H2,1-3H3,(H,42,57)(H,43,60)(H,44,53)(H,45,54)(H,46,52)(H,47,58)(H,48,56)(H,50,59)/t18-,19?,20-,26?,27-,28-,32-,33+,40+,41-/m0/s1. The molecule has 5 aliphatic rings. The van der Waals surface area contributed by atoms with Crippen molar-refractivity contribution < 1.29 is 53.3 Å². The second-order valence-electron chi connectivity index (χ2n) is 16.6. The highest BCUT2D eigenvalue weighted by Gasteiger charge is 2.58. The Morgan fingerprint density at radius 3 is 2.41 bits per heavy atom. The van der Waals surface area contributed by atoms with Crippen molar-refractivity contribution in [2.45, 2.75) is 107 Å². The van der Waals surface area contributed by atoms with E-state index in [1.54, 1.807) is 25.1 Å². The lowest BCUT2D eigenvalue weighted by atomic mass is 9.70. The molecule has 5 heterocycles. The number of para-hydroxylation sites is 1. The first-order valence-corrected chi connectivity index (χ1v) is 20.4. The molecular formula is C41H51N9O11. The van der Waals surface area contributed by atoms with Crippen LogP contribution in [0.2, 0.25) is 0 Å². The first-order chi connectivity index (χ1) is 29.1. The molecule has 5 aliphatic heterocycles. The average molecular weight is 846 g/mol. The molecule has 326 valence electrons. The summed E-state index contributed by atoms with van der Waals surface area (Å²) in [6, 6.07) is 3.65. The molecule has 0 aliphatic carbocycles. The Kier molecular flexibility index (Phi) is 12.2. The number of aliphatic hydroxyl groups excluding tert-OH is 2. The lowest BCUT2D eigenvalue weighted by molar-refractivity contribution is -0.136. The third-order valence-electron chi connectivity index (χ3n) is 11.9. The molecule has 10 atom stereocenters. The van der Waals surface area contributed by atoms with E-state index in [4.69, 9.17) is 4.74 Å². The Balaban J connectivity index is 1.35. The second-order valence-corrected chi connectivity index (χ2v) is 16.6. The maximum Gasteiger partial charge on any atom is 0.246 e. The number of hydrogen-bond donors (Lipinski definition) is 11. The first-order valence-electron chi connectivity index (χ1n) is 20.4. The molecule has 20 nitrogen and oxygen atoms in total. The van der Waals surface area contributed by atoms with E-state index in [-0.39, 0.29) is 56.1 Å². The molecule has 8 amide bonds. The van der Waals surface area contributed by atoms with Crippen molar-refractivity contribution in [1.29, 1.82) is 0 Å². The van der Waals surface area contributed by atoms with Crippen LogP contribution in [0.5, 0.6) is 5.75 Å². The van der Waals surface area contributed by atoms with Gasteiger partial charge in [-0.15, -0.1) is 0 Å². The Labute approximate surface area is 350 Å². The molecule has 1 spiro atoms.